The molecule has 4 heteroatoms. The minimum atomic E-state index is 0.893. The number of allylic oxidation sites excluding steroid dienone is 1. The Balaban J connectivity index is 1.75. The van der Waals surface area contributed by atoms with Crippen molar-refractivity contribution in [2.45, 2.75) is 20.8 Å². The van der Waals surface area contributed by atoms with E-state index < -0.39 is 0 Å². The van der Waals surface area contributed by atoms with Crippen molar-refractivity contribution in [2.24, 2.45) is 0 Å². The number of fused-ring (bicyclic) bond motifs is 1. The first-order valence-electron chi connectivity index (χ1n) is 8.66. The Morgan fingerprint density at radius 2 is 1.77 bits per heavy atom. The molecule has 4 heterocycles. The first-order valence-corrected chi connectivity index (χ1v) is 8.66. The number of H-pyrrole nitrogens is 1. The Labute approximate surface area is 152 Å². The molecule has 0 amide bonds. The molecular formula is C22H20N4. The summed E-state index contributed by atoms with van der Waals surface area (Å²) in [5.41, 5.74) is 8.16. The number of pyridine rings is 3. The second-order valence-corrected chi connectivity index (χ2v) is 6.37. The highest BCUT2D eigenvalue weighted by Crippen LogP contribution is 2.28. The van der Waals surface area contributed by atoms with Crippen molar-refractivity contribution < 1.29 is 0 Å². The number of hydrogen-bond acceptors (Lipinski definition) is 3. The van der Waals surface area contributed by atoms with Crippen molar-refractivity contribution in [3.63, 3.8) is 0 Å². The van der Waals surface area contributed by atoms with Gasteiger partial charge in [0.05, 0.1) is 5.69 Å². The van der Waals surface area contributed by atoms with E-state index in [1.165, 1.54) is 0 Å². The monoisotopic (exact) mass is 340 g/mol. The van der Waals surface area contributed by atoms with Gasteiger partial charge in [0.1, 0.15) is 5.65 Å². The minimum Gasteiger partial charge on any atom is -0.346 e. The summed E-state index contributed by atoms with van der Waals surface area (Å²) in [5, 5.41) is 1.09. The number of aryl methyl sites for hydroxylation is 2. The molecule has 4 nitrogen and oxygen atoms in total. The van der Waals surface area contributed by atoms with Crippen LogP contribution in [0.4, 0.5) is 0 Å². The smallest absolute Gasteiger partial charge is 0.137 e. The highest BCUT2D eigenvalue weighted by molar-refractivity contribution is 5.81. The van der Waals surface area contributed by atoms with Crippen LogP contribution in [0.2, 0.25) is 0 Å². The van der Waals surface area contributed by atoms with E-state index in [0.717, 1.165) is 50.4 Å². The zero-order chi connectivity index (χ0) is 18.1. The standard InChI is InChI=1S/C22H20N4/c1-4-5-16-10-18(12-24-14(16)2)20-6-7-21(26-15(20)3)19-11-17-8-9-23-22(17)25-13-19/h4-13H,1-3H3,(H,23,25)/b5-4-. The fourth-order valence-corrected chi connectivity index (χ4v) is 3.15. The number of hydrogen-bond donors (Lipinski definition) is 1. The molecule has 1 N–H and O–H groups in total. The number of aromatic amines is 1. The second kappa shape index (κ2) is 6.56. The van der Waals surface area contributed by atoms with Crippen LogP contribution in [0.5, 0.6) is 0 Å². The molecule has 128 valence electrons. The molecule has 0 bridgehead atoms. The summed E-state index contributed by atoms with van der Waals surface area (Å²) < 4.78 is 0. The highest BCUT2D eigenvalue weighted by atomic mass is 14.8. The predicted molar refractivity (Wildman–Crippen MR) is 107 cm³/mol. The van der Waals surface area contributed by atoms with Crippen molar-refractivity contribution in [2.75, 3.05) is 0 Å². The molecule has 0 radical (unpaired) electrons. The van der Waals surface area contributed by atoms with Gasteiger partial charge in [-0.15, -0.1) is 0 Å². The molecule has 0 spiro atoms. The Bertz CT molecular complexity index is 1120. The van der Waals surface area contributed by atoms with E-state index >= 15 is 0 Å². The van der Waals surface area contributed by atoms with Crippen LogP contribution in [-0.2, 0) is 0 Å². The van der Waals surface area contributed by atoms with Crippen LogP contribution in [-0.4, -0.2) is 19.9 Å². The van der Waals surface area contributed by atoms with Crippen LogP contribution < -0.4 is 0 Å². The van der Waals surface area contributed by atoms with E-state index in [4.69, 9.17) is 4.98 Å². The Morgan fingerprint density at radius 1 is 0.923 bits per heavy atom. The van der Waals surface area contributed by atoms with Crippen LogP contribution in [0, 0.1) is 13.8 Å². The molecule has 0 saturated heterocycles. The lowest BCUT2D eigenvalue weighted by Gasteiger charge is -2.10. The average molecular weight is 340 g/mol. The maximum absolute atomic E-state index is 4.81. The molecule has 4 aromatic heterocycles. The molecule has 0 atom stereocenters. The third kappa shape index (κ3) is 2.90. The molecule has 0 aliphatic rings. The van der Waals surface area contributed by atoms with Crippen LogP contribution in [0.15, 0.2) is 55.0 Å². The normalized spacial score (nSPS) is 11.5. The Kier molecular flexibility index (Phi) is 4.09. The second-order valence-electron chi connectivity index (χ2n) is 6.37. The zero-order valence-corrected chi connectivity index (χ0v) is 15.1. The van der Waals surface area contributed by atoms with E-state index in [9.17, 15) is 0 Å². The van der Waals surface area contributed by atoms with Gasteiger partial charge in [-0.2, -0.15) is 0 Å². The minimum absolute atomic E-state index is 0.893. The number of nitrogens with one attached hydrogen (secondary N) is 1. The zero-order valence-electron chi connectivity index (χ0n) is 15.1. The van der Waals surface area contributed by atoms with Gasteiger partial charge in [-0.1, -0.05) is 18.2 Å². The molecule has 0 aliphatic heterocycles. The maximum Gasteiger partial charge on any atom is 0.137 e. The summed E-state index contributed by atoms with van der Waals surface area (Å²) in [6.45, 7) is 6.08. The average Bonchev–Trinajstić information content (AvgIpc) is 3.11. The topological polar surface area (TPSA) is 54.5 Å². The van der Waals surface area contributed by atoms with Crippen molar-refractivity contribution in [1.29, 1.82) is 0 Å². The fraction of sp³-hybridized carbons (Fsp3) is 0.136. The van der Waals surface area contributed by atoms with Crippen LogP contribution in [0.3, 0.4) is 0 Å². The SMILES string of the molecule is C/C=C\c1cc(-c2ccc(-c3cnc4[nH]ccc4c3)nc2C)cnc1C. The summed E-state index contributed by atoms with van der Waals surface area (Å²) in [4.78, 5) is 16.9. The first-order chi connectivity index (χ1) is 12.7. The third-order valence-electron chi connectivity index (χ3n) is 4.56. The van der Waals surface area contributed by atoms with E-state index in [2.05, 4.69) is 39.2 Å². The summed E-state index contributed by atoms with van der Waals surface area (Å²) in [6, 6.07) is 10.5. The predicted octanol–water partition coefficient (Wildman–Crippen LogP) is 5.34. The molecule has 26 heavy (non-hydrogen) atoms. The van der Waals surface area contributed by atoms with Crippen molar-refractivity contribution >= 4 is 17.1 Å². The van der Waals surface area contributed by atoms with Gasteiger partial charge in [0.2, 0.25) is 0 Å². The quantitative estimate of drug-likeness (QED) is 0.548. The number of aromatic nitrogens is 4. The van der Waals surface area contributed by atoms with Gasteiger partial charge in [0.15, 0.2) is 0 Å². The van der Waals surface area contributed by atoms with Gasteiger partial charge in [0.25, 0.3) is 0 Å². The lowest BCUT2D eigenvalue weighted by atomic mass is 10.0. The van der Waals surface area contributed by atoms with Crippen LogP contribution >= 0.6 is 0 Å². The molecule has 0 saturated carbocycles. The molecule has 0 unspecified atom stereocenters. The molecule has 0 aliphatic carbocycles. The van der Waals surface area contributed by atoms with Crippen LogP contribution in [0.25, 0.3) is 39.5 Å². The largest absolute Gasteiger partial charge is 0.346 e. The van der Waals surface area contributed by atoms with Gasteiger partial charge in [0, 0.05) is 52.1 Å². The third-order valence-corrected chi connectivity index (χ3v) is 4.56. The van der Waals surface area contributed by atoms with Crippen molar-refractivity contribution in [1.82, 2.24) is 19.9 Å². The van der Waals surface area contributed by atoms with Crippen molar-refractivity contribution in [3.8, 4) is 22.4 Å². The highest BCUT2D eigenvalue weighted by Gasteiger charge is 2.09. The fourth-order valence-electron chi connectivity index (χ4n) is 3.15. The van der Waals surface area contributed by atoms with E-state index in [1.807, 2.05) is 57.6 Å². The lowest BCUT2D eigenvalue weighted by Crippen LogP contribution is -1.94. The van der Waals surface area contributed by atoms with E-state index in [0.29, 0.717) is 0 Å². The van der Waals surface area contributed by atoms with Gasteiger partial charge in [-0.3, -0.25) is 9.97 Å². The lowest BCUT2D eigenvalue weighted by molar-refractivity contribution is 1.17. The molecule has 0 aromatic carbocycles. The maximum atomic E-state index is 4.81. The molecule has 4 rings (SSSR count). The Morgan fingerprint density at radius 3 is 2.58 bits per heavy atom. The molecule has 0 fully saturated rings. The summed E-state index contributed by atoms with van der Waals surface area (Å²) in [5.74, 6) is 0. The summed E-state index contributed by atoms with van der Waals surface area (Å²) in [7, 11) is 0. The van der Waals surface area contributed by atoms with Crippen molar-refractivity contribution in [3.05, 3.63) is 71.9 Å². The van der Waals surface area contributed by atoms with Gasteiger partial charge in [-0.05, 0) is 50.6 Å². The van der Waals surface area contributed by atoms with E-state index in [-0.39, 0.29) is 0 Å². The number of rotatable bonds is 3. The number of nitrogens with zero attached hydrogens (tertiary/aromatic N) is 3. The first kappa shape index (κ1) is 16.2. The summed E-state index contributed by atoms with van der Waals surface area (Å²) in [6.07, 6.45) is 9.79. The van der Waals surface area contributed by atoms with Gasteiger partial charge < -0.3 is 4.98 Å². The molecular weight excluding hydrogens is 320 g/mol. The van der Waals surface area contributed by atoms with Gasteiger partial charge in [-0.25, -0.2) is 4.98 Å². The Hall–Kier alpha value is -3.27. The van der Waals surface area contributed by atoms with Gasteiger partial charge >= 0.3 is 0 Å². The van der Waals surface area contributed by atoms with Crippen LogP contribution in [0.1, 0.15) is 23.9 Å². The summed E-state index contributed by atoms with van der Waals surface area (Å²) >= 11 is 0. The molecule has 4 aromatic rings. The van der Waals surface area contributed by atoms with E-state index in [1.54, 1.807) is 0 Å².